The van der Waals surface area contributed by atoms with E-state index >= 15 is 0 Å². The zero-order chi connectivity index (χ0) is 28.5. The second-order valence-corrected chi connectivity index (χ2v) is 9.81. The highest BCUT2D eigenvalue weighted by Crippen LogP contribution is 2.34. The van der Waals surface area contributed by atoms with Crippen molar-refractivity contribution in [2.45, 2.75) is 41.0 Å². The molecule has 0 saturated carbocycles. The van der Waals surface area contributed by atoms with E-state index in [9.17, 15) is 9.59 Å². The minimum absolute atomic E-state index is 0.00918. The summed E-state index contributed by atoms with van der Waals surface area (Å²) >= 11 is 7.23. The Kier molecular flexibility index (Phi) is 10.5. The molecule has 39 heavy (non-hydrogen) atoms. The Morgan fingerprint density at radius 2 is 1.87 bits per heavy atom. The lowest BCUT2D eigenvalue weighted by Gasteiger charge is -2.13. The van der Waals surface area contributed by atoms with E-state index in [1.807, 2.05) is 33.8 Å². The summed E-state index contributed by atoms with van der Waals surface area (Å²) in [6.45, 7) is 9.47. The number of Topliss-reactive ketones (excluding diaryl/α,β-unsaturated/α-hetero) is 1. The summed E-state index contributed by atoms with van der Waals surface area (Å²) in [6.07, 6.45) is 9.25. The van der Waals surface area contributed by atoms with Crippen LogP contribution in [-0.2, 0) is 4.79 Å². The van der Waals surface area contributed by atoms with Crippen LogP contribution in [0, 0.1) is 6.92 Å². The number of nitrogens with zero attached hydrogens (tertiary/aromatic N) is 4. The lowest BCUT2D eigenvalue weighted by Crippen LogP contribution is -2.14. The Morgan fingerprint density at radius 3 is 2.54 bits per heavy atom. The summed E-state index contributed by atoms with van der Waals surface area (Å²) in [7, 11) is 1.52. The van der Waals surface area contributed by atoms with Crippen LogP contribution in [0.1, 0.15) is 50.2 Å². The molecule has 0 bridgehead atoms. The van der Waals surface area contributed by atoms with E-state index < -0.39 is 5.91 Å². The van der Waals surface area contributed by atoms with E-state index in [4.69, 9.17) is 21.1 Å². The van der Waals surface area contributed by atoms with E-state index in [2.05, 4.69) is 25.5 Å². The van der Waals surface area contributed by atoms with Gasteiger partial charge in [0.2, 0.25) is 5.13 Å². The summed E-state index contributed by atoms with van der Waals surface area (Å²) in [4.78, 5) is 33.3. The van der Waals surface area contributed by atoms with E-state index in [1.54, 1.807) is 24.3 Å². The summed E-state index contributed by atoms with van der Waals surface area (Å²) in [5, 5.41) is 11.7. The van der Waals surface area contributed by atoms with E-state index in [0.29, 0.717) is 38.9 Å². The van der Waals surface area contributed by atoms with Gasteiger partial charge in [-0.15, -0.1) is 5.10 Å². The highest BCUT2D eigenvalue weighted by atomic mass is 35.5. The van der Waals surface area contributed by atoms with Crippen LogP contribution in [-0.4, -0.2) is 45.6 Å². The van der Waals surface area contributed by atoms with Crippen LogP contribution < -0.4 is 14.8 Å². The van der Waals surface area contributed by atoms with Crippen molar-refractivity contribution in [3.05, 3.63) is 75.9 Å². The first-order valence-electron chi connectivity index (χ1n) is 12.1. The normalized spacial score (nSPS) is 12.3. The van der Waals surface area contributed by atoms with Gasteiger partial charge in [-0.3, -0.25) is 19.9 Å². The second kappa shape index (κ2) is 13.8. The monoisotopic (exact) mass is 567 g/mol. The largest absolute Gasteiger partial charge is 0.494 e. The van der Waals surface area contributed by atoms with Gasteiger partial charge in [-0.05, 0) is 63.2 Å². The number of nitrogens with one attached hydrogen (secondary N) is 1. The Balaban J connectivity index is 1.78. The lowest BCUT2D eigenvalue weighted by atomic mass is 10.0. The van der Waals surface area contributed by atoms with Crippen molar-refractivity contribution in [2.24, 2.45) is 0 Å². The molecule has 1 N–H and O–H groups in total. The number of hydrogen-bond donors (Lipinski definition) is 1. The molecule has 3 aromatic heterocycles. The molecule has 9 nitrogen and oxygen atoms in total. The number of amides is 1. The third-order valence-electron chi connectivity index (χ3n) is 5.87. The van der Waals surface area contributed by atoms with Crippen LogP contribution in [0.2, 0.25) is 5.15 Å². The molecule has 0 aliphatic rings. The second-order valence-electron chi connectivity index (χ2n) is 8.49. The fourth-order valence-corrected chi connectivity index (χ4v) is 4.27. The number of methoxy groups -OCH3 is 1. The molecule has 0 aliphatic carbocycles. The molecule has 0 fully saturated rings. The standard InChI is InChI=1S/C28H30ClN5O4S/c1-7-16(3)20(10-9-19(8-2)18(5)35)15-38-28-34-33-27(39-28)32-26(36)23-13-30-17(4)11-21(23)22-12-25(29)31-14-24(22)37-6/h8-14H,7,15H2,1-6H3,(H,32,33,36)/b10-9-,19-8+,20-16+. The molecule has 11 heteroatoms. The number of carbonyl (C=O) groups excluding carboxylic acids is 2. The molecule has 3 rings (SSSR count). The molecule has 1 amide bonds. The van der Waals surface area contributed by atoms with Crippen molar-refractivity contribution in [1.82, 2.24) is 20.2 Å². The van der Waals surface area contributed by atoms with Gasteiger partial charge in [0.05, 0.1) is 18.9 Å². The van der Waals surface area contributed by atoms with Crippen LogP contribution in [0.15, 0.2) is 59.5 Å². The van der Waals surface area contributed by atoms with Gasteiger partial charge in [-0.1, -0.05) is 47.4 Å². The Bertz CT molecular complexity index is 1460. The maximum atomic E-state index is 13.2. The first-order valence-corrected chi connectivity index (χ1v) is 13.3. The minimum Gasteiger partial charge on any atom is -0.494 e. The van der Waals surface area contributed by atoms with Crippen molar-refractivity contribution in [1.29, 1.82) is 0 Å². The number of ketones is 1. The number of aromatic nitrogens is 4. The van der Waals surface area contributed by atoms with Gasteiger partial charge in [0.25, 0.3) is 11.1 Å². The third kappa shape index (κ3) is 7.81. The van der Waals surface area contributed by atoms with Gasteiger partial charge in [-0.2, -0.15) is 0 Å². The first kappa shape index (κ1) is 29.7. The quantitative estimate of drug-likeness (QED) is 0.160. The number of halogens is 1. The zero-order valence-electron chi connectivity index (χ0n) is 22.7. The maximum Gasteiger partial charge on any atom is 0.296 e. The molecule has 0 atom stereocenters. The molecule has 3 aromatic rings. The van der Waals surface area contributed by atoms with Crippen LogP contribution >= 0.6 is 22.9 Å². The van der Waals surface area contributed by atoms with Gasteiger partial charge >= 0.3 is 0 Å². The highest BCUT2D eigenvalue weighted by molar-refractivity contribution is 7.17. The van der Waals surface area contributed by atoms with E-state index in [0.717, 1.165) is 28.9 Å². The Hall–Kier alpha value is -3.89. The van der Waals surface area contributed by atoms with Gasteiger partial charge in [0.15, 0.2) is 5.78 Å². The number of ether oxygens (including phenoxy) is 2. The van der Waals surface area contributed by atoms with E-state index in [1.165, 1.54) is 26.4 Å². The molecule has 0 aromatic carbocycles. The predicted octanol–water partition coefficient (Wildman–Crippen LogP) is 6.41. The number of anilines is 1. The van der Waals surface area contributed by atoms with Gasteiger partial charge in [0.1, 0.15) is 17.5 Å². The average molecular weight is 568 g/mol. The molecule has 3 heterocycles. The van der Waals surface area contributed by atoms with Crippen molar-refractivity contribution < 1.29 is 19.1 Å². The number of rotatable bonds is 11. The van der Waals surface area contributed by atoms with Crippen molar-refractivity contribution >= 4 is 39.8 Å². The molecule has 0 aliphatic heterocycles. The van der Waals surface area contributed by atoms with E-state index in [-0.39, 0.29) is 22.7 Å². The summed E-state index contributed by atoms with van der Waals surface area (Å²) in [5.41, 5.74) is 4.89. The van der Waals surface area contributed by atoms with Crippen LogP contribution in [0.25, 0.3) is 11.1 Å². The number of pyridine rings is 2. The van der Waals surface area contributed by atoms with Gasteiger partial charge in [0, 0.05) is 28.6 Å². The lowest BCUT2D eigenvalue weighted by molar-refractivity contribution is -0.113. The smallest absolute Gasteiger partial charge is 0.296 e. The molecular formula is C28H30ClN5O4S. The summed E-state index contributed by atoms with van der Waals surface area (Å²) in [5.74, 6) is 0.0320. The average Bonchev–Trinajstić information content (AvgIpc) is 3.36. The minimum atomic E-state index is -0.427. The Labute approximate surface area is 236 Å². The number of carbonyl (C=O) groups is 2. The summed E-state index contributed by atoms with van der Waals surface area (Å²) in [6, 6.07) is 3.41. The highest BCUT2D eigenvalue weighted by Gasteiger charge is 2.19. The Morgan fingerprint density at radius 1 is 1.10 bits per heavy atom. The number of allylic oxidation sites excluding steroid dienone is 4. The van der Waals surface area contributed by atoms with Gasteiger partial charge in [-0.25, -0.2) is 4.98 Å². The molecule has 0 saturated heterocycles. The molecule has 0 spiro atoms. The SMILES string of the molecule is C\C=C(/C=C\C(COc1nnc(NC(=O)c2cnc(C)cc2-c2cc(Cl)ncc2OC)s1)=C(\C)CC)C(C)=O. The van der Waals surface area contributed by atoms with Crippen LogP contribution in [0.5, 0.6) is 10.9 Å². The molecular weight excluding hydrogens is 538 g/mol. The predicted molar refractivity (Wildman–Crippen MR) is 154 cm³/mol. The van der Waals surface area contributed by atoms with Crippen molar-refractivity contribution in [3.63, 3.8) is 0 Å². The van der Waals surface area contributed by atoms with Gasteiger partial charge < -0.3 is 9.47 Å². The maximum absolute atomic E-state index is 13.2. The van der Waals surface area contributed by atoms with Crippen molar-refractivity contribution in [3.8, 4) is 22.1 Å². The molecule has 0 unspecified atom stereocenters. The number of aryl methyl sites for hydroxylation is 1. The first-order chi connectivity index (χ1) is 18.7. The topological polar surface area (TPSA) is 116 Å². The summed E-state index contributed by atoms with van der Waals surface area (Å²) < 4.78 is 11.3. The van der Waals surface area contributed by atoms with Crippen LogP contribution in [0.4, 0.5) is 5.13 Å². The fourth-order valence-electron chi connectivity index (χ4n) is 3.52. The third-order valence-corrected chi connectivity index (χ3v) is 6.83. The molecule has 0 radical (unpaired) electrons. The number of hydrogen-bond acceptors (Lipinski definition) is 9. The molecule has 204 valence electrons. The van der Waals surface area contributed by atoms with Crippen LogP contribution in [0.3, 0.4) is 0 Å². The fraction of sp³-hybridized carbons (Fsp3) is 0.286. The zero-order valence-corrected chi connectivity index (χ0v) is 24.2. The van der Waals surface area contributed by atoms with Crippen molar-refractivity contribution in [2.75, 3.05) is 19.0 Å².